The third kappa shape index (κ3) is 4.40. The van der Waals surface area contributed by atoms with E-state index in [4.69, 9.17) is 0 Å². The molecule has 0 bridgehead atoms. The number of nitrogens with zero attached hydrogens (tertiary/aromatic N) is 1. The second-order valence-electron chi connectivity index (χ2n) is 3.87. The van der Waals surface area contributed by atoms with E-state index in [0.29, 0.717) is 12.1 Å². The number of amides is 1. The van der Waals surface area contributed by atoms with Crippen molar-refractivity contribution in [2.24, 2.45) is 7.05 Å². The fraction of sp³-hybridized carbons (Fsp3) is 0.500. The van der Waals surface area contributed by atoms with Crippen LogP contribution in [-0.4, -0.2) is 30.1 Å². The number of aromatic nitrogens is 1. The lowest BCUT2D eigenvalue weighted by Gasteiger charge is -2.06. The molecule has 5 nitrogen and oxygen atoms in total. The molecule has 0 atom stereocenters. The Hall–Kier alpha value is -1.62. The highest BCUT2D eigenvalue weighted by Crippen LogP contribution is 1.93. The minimum atomic E-state index is -0.207. The number of nitrogens with one attached hydrogen (secondary N) is 2. The molecule has 0 fully saturated rings. The molecular formula is C12H19N3O2. The molecule has 94 valence electrons. The van der Waals surface area contributed by atoms with E-state index < -0.39 is 0 Å². The van der Waals surface area contributed by atoms with Crippen LogP contribution in [0.4, 0.5) is 0 Å². The van der Waals surface area contributed by atoms with Gasteiger partial charge >= 0.3 is 0 Å². The largest absolute Gasteiger partial charge is 0.351 e. The third-order valence-electron chi connectivity index (χ3n) is 2.38. The van der Waals surface area contributed by atoms with E-state index in [9.17, 15) is 9.59 Å². The molecule has 1 aromatic heterocycles. The van der Waals surface area contributed by atoms with Gasteiger partial charge in [0.05, 0.1) is 0 Å². The van der Waals surface area contributed by atoms with Gasteiger partial charge in [-0.25, -0.2) is 0 Å². The highest BCUT2D eigenvalue weighted by atomic mass is 16.2. The fourth-order valence-electron chi connectivity index (χ4n) is 1.36. The quantitative estimate of drug-likeness (QED) is 0.691. The zero-order valence-corrected chi connectivity index (χ0v) is 10.3. The lowest BCUT2D eigenvalue weighted by molar-refractivity contribution is 0.0953. The second kappa shape index (κ2) is 6.85. The van der Waals surface area contributed by atoms with Crippen molar-refractivity contribution in [3.8, 4) is 0 Å². The van der Waals surface area contributed by atoms with Crippen LogP contribution in [0.15, 0.2) is 23.1 Å². The maximum absolute atomic E-state index is 11.7. The van der Waals surface area contributed by atoms with Gasteiger partial charge in [0.25, 0.3) is 11.5 Å². The van der Waals surface area contributed by atoms with Gasteiger partial charge in [-0.05, 0) is 19.0 Å². The zero-order chi connectivity index (χ0) is 12.7. The summed E-state index contributed by atoms with van der Waals surface area (Å²) >= 11 is 0. The van der Waals surface area contributed by atoms with E-state index >= 15 is 0 Å². The van der Waals surface area contributed by atoms with Crippen LogP contribution in [-0.2, 0) is 7.05 Å². The Bertz CT molecular complexity index is 426. The Kier molecular flexibility index (Phi) is 5.42. The Morgan fingerprint density at radius 2 is 2.12 bits per heavy atom. The molecule has 1 amide bonds. The van der Waals surface area contributed by atoms with Crippen LogP contribution in [0.1, 0.15) is 23.7 Å². The summed E-state index contributed by atoms with van der Waals surface area (Å²) in [6, 6.07) is 2.98. The Morgan fingerprint density at radius 1 is 1.35 bits per heavy atom. The zero-order valence-electron chi connectivity index (χ0n) is 10.3. The van der Waals surface area contributed by atoms with Gasteiger partial charge in [0, 0.05) is 38.0 Å². The van der Waals surface area contributed by atoms with E-state index in [1.165, 1.54) is 10.6 Å². The van der Waals surface area contributed by atoms with Gasteiger partial charge in [-0.2, -0.15) is 0 Å². The SMILES string of the molecule is CCCNCCNC(=O)c1ccn(C)c(=O)c1. The highest BCUT2D eigenvalue weighted by molar-refractivity contribution is 5.93. The van der Waals surface area contributed by atoms with Crippen LogP contribution in [0.25, 0.3) is 0 Å². The van der Waals surface area contributed by atoms with Crippen molar-refractivity contribution < 1.29 is 4.79 Å². The number of carbonyl (C=O) groups is 1. The molecule has 1 heterocycles. The molecule has 17 heavy (non-hydrogen) atoms. The number of carbonyl (C=O) groups excluding carboxylic acids is 1. The molecule has 0 saturated carbocycles. The third-order valence-corrected chi connectivity index (χ3v) is 2.38. The molecule has 2 N–H and O–H groups in total. The molecule has 0 unspecified atom stereocenters. The van der Waals surface area contributed by atoms with E-state index in [0.717, 1.165) is 19.5 Å². The smallest absolute Gasteiger partial charge is 0.251 e. The first-order valence-corrected chi connectivity index (χ1v) is 5.80. The first kappa shape index (κ1) is 13.4. The minimum Gasteiger partial charge on any atom is -0.351 e. The van der Waals surface area contributed by atoms with E-state index in [2.05, 4.69) is 17.6 Å². The first-order chi connectivity index (χ1) is 8.15. The van der Waals surface area contributed by atoms with Crippen LogP contribution in [0.3, 0.4) is 0 Å². The average Bonchev–Trinajstić information content (AvgIpc) is 2.32. The standard InChI is InChI=1S/C12H19N3O2/c1-3-5-13-6-7-14-12(17)10-4-8-15(2)11(16)9-10/h4,8-9,13H,3,5-7H2,1-2H3,(H,14,17). The second-order valence-corrected chi connectivity index (χ2v) is 3.87. The minimum absolute atomic E-state index is 0.179. The predicted octanol–water partition coefficient (Wildman–Crippen LogP) is 0.115. The number of aryl methyl sites for hydroxylation is 1. The van der Waals surface area contributed by atoms with Crippen LogP contribution < -0.4 is 16.2 Å². The van der Waals surface area contributed by atoms with Crippen molar-refractivity contribution in [2.75, 3.05) is 19.6 Å². The number of hydrogen-bond donors (Lipinski definition) is 2. The van der Waals surface area contributed by atoms with Gasteiger partial charge in [-0.3, -0.25) is 9.59 Å². The molecule has 0 radical (unpaired) electrons. The topological polar surface area (TPSA) is 63.1 Å². The summed E-state index contributed by atoms with van der Waals surface area (Å²) in [5.41, 5.74) is 0.227. The van der Waals surface area contributed by atoms with Gasteiger partial charge in [0.15, 0.2) is 0 Å². The van der Waals surface area contributed by atoms with Crippen molar-refractivity contribution in [2.45, 2.75) is 13.3 Å². The summed E-state index contributed by atoms with van der Waals surface area (Å²) in [6.45, 7) is 4.34. The number of hydrogen-bond acceptors (Lipinski definition) is 3. The van der Waals surface area contributed by atoms with Gasteiger partial charge in [-0.1, -0.05) is 6.92 Å². The molecule has 0 spiro atoms. The maximum atomic E-state index is 11.7. The number of rotatable bonds is 6. The van der Waals surface area contributed by atoms with Crippen molar-refractivity contribution in [1.82, 2.24) is 15.2 Å². The molecule has 0 aliphatic rings. The summed E-state index contributed by atoms with van der Waals surface area (Å²) in [5.74, 6) is -0.207. The summed E-state index contributed by atoms with van der Waals surface area (Å²) in [5, 5.41) is 5.94. The molecule has 5 heteroatoms. The summed E-state index contributed by atoms with van der Waals surface area (Å²) in [6.07, 6.45) is 2.66. The molecular weight excluding hydrogens is 218 g/mol. The Labute approximate surface area is 101 Å². The highest BCUT2D eigenvalue weighted by Gasteiger charge is 2.05. The van der Waals surface area contributed by atoms with Crippen molar-refractivity contribution >= 4 is 5.91 Å². The van der Waals surface area contributed by atoms with Gasteiger partial charge < -0.3 is 15.2 Å². The monoisotopic (exact) mass is 237 g/mol. The summed E-state index contributed by atoms with van der Waals surface area (Å²) in [7, 11) is 1.65. The van der Waals surface area contributed by atoms with Crippen LogP contribution in [0, 0.1) is 0 Å². The van der Waals surface area contributed by atoms with Gasteiger partial charge in [-0.15, -0.1) is 0 Å². The molecule has 0 aromatic carbocycles. The van der Waals surface area contributed by atoms with Crippen molar-refractivity contribution in [3.63, 3.8) is 0 Å². The van der Waals surface area contributed by atoms with Gasteiger partial charge in [0.1, 0.15) is 0 Å². The molecule has 0 aliphatic heterocycles. The summed E-state index contributed by atoms with van der Waals surface area (Å²) < 4.78 is 1.43. The Morgan fingerprint density at radius 3 is 2.76 bits per heavy atom. The predicted molar refractivity (Wildman–Crippen MR) is 67.2 cm³/mol. The van der Waals surface area contributed by atoms with E-state index in [-0.39, 0.29) is 11.5 Å². The van der Waals surface area contributed by atoms with Gasteiger partial charge in [0.2, 0.25) is 0 Å². The molecule has 1 aromatic rings. The van der Waals surface area contributed by atoms with Crippen LogP contribution in [0.5, 0.6) is 0 Å². The van der Waals surface area contributed by atoms with E-state index in [1.807, 2.05) is 0 Å². The van der Waals surface area contributed by atoms with Crippen molar-refractivity contribution in [1.29, 1.82) is 0 Å². The Balaban J connectivity index is 2.42. The molecule has 0 saturated heterocycles. The first-order valence-electron chi connectivity index (χ1n) is 5.80. The van der Waals surface area contributed by atoms with Crippen molar-refractivity contribution in [3.05, 3.63) is 34.2 Å². The normalized spacial score (nSPS) is 10.2. The lowest BCUT2D eigenvalue weighted by Crippen LogP contribution is -2.32. The lowest BCUT2D eigenvalue weighted by atomic mass is 10.2. The number of pyridine rings is 1. The fourth-order valence-corrected chi connectivity index (χ4v) is 1.36. The average molecular weight is 237 g/mol. The molecule has 0 aliphatic carbocycles. The van der Waals surface area contributed by atoms with Crippen LogP contribution in [0.2, 0.25) is 0 Å². The summed E-state index contributed by atoms with van der Waals surface area (Å²) in [4.78, 5) is 23.0. The molecule has 1 rings (SSSR count). The maximum Gasteiger partial charge on any atom is 0.251 e. The van der Waals surface area contributed by atoms with E-state index in [1.54, 1.807) is 19.3 Å². The van der Waals surface area contributed by atoms with Crippen LogP contribution >= 0.6 is 0 Å².